The number of hydrogen-bond acceptors (Lipinski definition) is 4. The predicted molar refractivity (Wildman–Crippen MR) is 268 cm³/mol. The van der Waals surface area contributed by atoms with E-state index < -0.39 is 0 Å². The molecular weight excluding hydrogens is 797 g/mol. The molecule has 0 aromatic rings. The lowest BCUT2D eigenvalue weighted by molar-refractivity contribution is -0.236. The second kappa shape index (κ2) is 15.7. The molecule has 0 amide bonds. The zero-order chi connectivity index (χ0) is 46.6. The largest absolute Gasteiger partial charge is 0.396 e. The van der Waals surface area contributed by atoms with Gasteiger partial charge in [0.25, 0.3) is 0 Å². The topological polar surface area (TPSA) is 71.4 Å². The third-order valence-corrected chi connectivity index (χ3v) is 26.4. The van der Waals surface area contributed by atoms with Gasteiger partial charge in [0.15, 0.2) is 0 Å². The van der Waals surface area contributed by atoms with E-state index in [0.717, 1.165) is 44.9 Å². The fourth-order valence-corrected chi connectivity index (χ4v) is 22.6. The number of hydrogen-bond donors (Lipinski definition) is 1. The van der Waals surface area contributed by atoms with Gasteiger partial charge in [-0.1, -0.05) is 101 Å². The summed E-state index contributed by atoms with van der Waals surface area (Å²) in [5, 5.41) is 10.6. The van der Waals surface area contributed by atoms with Crippen LogP contribution >= 0.6 is 0 Å². The van der Waals surface area contributed by atoms with Crippen molar-refractivity contribution < 1.29 is 19.5 Å². The quantitative estimate of drug-likeness (QED) is 0.225. The highest BCUT2D eigenvalue weighted by molar-refractivity contribution is 5.86. The Bertz CT molecular complexity index is 1960. The van der Waals surface area contributed by atoms with Crippen molar-refractivity contribution in [2.45, 2.75) is 219 Å². The summed E-state index contributed by atoms with van der Waals surface area (Å²) in [4.78, 5) is 38.4. The number of aliphatic hydroxyl groups is 1. The van der Waals surface area contributed by atoms with Crippen LogP contribution in [0.15, 0.2) is 24.3 Å². The first-order valence-electron chi connectivity index (χ1n) is 27.2. The van der Waals surface area contributed by atoms with Crippen molar-refractivity contribution in [1.29, 1.82) is 0 Å². The molecule has 10 aliphatic rings. The number of aldehydes is 1. The molecule has 0 heterocycles. The van der Waals surface area contributed by atoms with Crippen molar-refractivity contribution in [2.75, 3.05) is 6.61 Å². The van der Waals surface area contributed by atoms with Gasteiger partial charge >= 0.3 is 0 Å². The molecule has 4 heteroatoms. The van der Waals surface area contributed by atoms with Crippen LogP contribution in [-0.4, -0.2) is 29.6 Å². The van der Waals surface area contributed by atoms with Crippen LogP contribution in [0.4, 0.5) is 0 Å². The van der Waals surface area contributed by atoms with Gasteiger partial charge in [0.05, 0.1) is 0 Å². The van der Waals surface area contributed by atoms with Gasteiger partial charge in [0.2, 0.25) is 0 Å². The lowest BCUT2D eigenvalue weighted by Crippen LogP contribution is -2.66. The van der Waals surface area contributed by atoms with Gasteiger partial charge in [0, 0.05) is 35.7 Å². The number of rotatable bonds is 4. The van der Waals surface area contributed by atoms with E-state index in [-0.39, 0.29) is 45.3 Å². The average Bonchev–Trinajstić information content (AvgIpc) is 3.83. The molecule has 18 atom stereocenters. The normalized spacial score (nSPS) is 53.3. The minimum absolute atomic E-state index is 0. The maximum atomic E-state index is 12.9. The molecule has 0 radical (unpaired) electrons. The van der Waals surface area contributed by atoms with E-state index in [1.165, 1.54) is 101 Å². The Hall–Kier alpha value is -1.55. The Morgan fingerprint density at radius 1 is 0.523 bits per heavy atom. The molecule has 1 N–H and O–H groups in total. The van der Waals surface area contributed by atoms with Crippen LogP contribution in [-0.2, 0) is 14.4 Å². The molecule has 10 fully saturated rings. The van der Waals surface area contributed by atoms with Crippen LogP contribution in [0.5, 0.6) is 0 Å². The number of carbonyl (C=O) groups excluding carboxylic acids is 3. The van der Waals surface area contributed by atoms with E-state index in [9.17, 15) is 19.5 Å². The molecule has 10 aliphatic carbocycles. The van der Waals surface area contributed by atoms with E-state index in [4.69, 9.17) is 0 Å². The lowest BCUT2D eigenvalue weighted by Gasteiger charge is -2.72. The van der Waals surface area contributed by atoms with Crippen LogP contribution < -0.4 is 0 Å². The lowest BCUT2D eigenvalue weighted by atomic mass is 9.32. The molecule has 0 bridgehead atoms. The van der Waals surface area contributed by atoms with Crippen LogP contribution in [0.25, 0.3) is 0 Å². The SMILES string of the molecule is C.C=C(C)[C@@H]1CC[C@]2(C=O)CC[C@]3(C)C(CCC4[C@@]5(C)CCC(=O)C(C)(C)C5CC[C@]43C)C12.C=C(C)[C@@H]1CC[C@]2(CO)CC[C@]3(C)C(CCC4[C@@]5(C)CCC(=O)C(C)(C)C5CC[C@]43C)C12. The minimum atomic E-state index is -0.179. The number of carbonyl (C=O) groups is 3. The highest BCUT2D eigenvalue weighted by Gasteiger charge is 2.73. The van der Waals surface area contributed by atoms with Crippen molar-refractivity contribution in [1.82, 2.24) is 0 Å². The van der Waals surface area contributed by atoms with Crippen molar-refractivity contribution in [3.63, 3.8) is 0 Å². The molecule has 10 saturated carbocycles. The number of ketones is 2. The first kappa shape index (κ1) is 49.9. The van der Waals surface area contributed by atoms with Crippen LogP contribution in [0, 0.1) is 113 Å². The van der Waals surface area contributed by atoms with E-state index in [1.54, 1.807) is 0 Å². The Labute approximate surface area is 398 Å². The predicted octanol–water partition coefficient (Wildman–Crippen LogP) is 15.3. The average molecular weight is 895 g/mol. The summed E-state index contributed by atoms with van der Waals surface area (Å²) in [5.41, 5.74) is 4.15. The van der Waals surface area contributed by atoms with Crippen molar-refractivity contribution in [3.8, 4) is 0 Å². The molecule has 0 aromatic carbocycles. The summed E-state index contributed by atoms with van der Waals surface area (Å²) in [5.74, 6) is 6.98. The van der Waals surface area contributed by atoms with Crippen molar-refractivity contribution in [2.24, 2.45) is 113 Å². The number of allylic oxidation sites excluding steroid dienone is 2. The summed E-state index contributed by atoms with van der Waals surface area (Å²) in [6, 6.07) is 0. The zero-order valence-electron chi connectivity index (χ0n) is 43.3. The second-order valence-corrected chi connectivity index (χ2v) is 28.5. The first-order chi connectivity index (χ1) is 29.7. The standard InChI is InChI=1S/C30H48O2.C30H46O2.CH4/c2*1-19(2)20-10-15-30(18-31)17-16-28(6)21(25(20)30)8-9-23-27(5)13-12-24(32)26(3,4)22(27)11-14-29(23,28)7;/h20-23,25,31H,1,8-18H2,2-7H3;18,20-23,25H,1,8-17H2,2-7H3;1H4/t2*20-,21?,22?,23?,25?,27-,28+,29+,30+;/m00./s1. The Balaban J connectivity index is 0.000000175. The smallest absolute Gasteiger partial charge is 0.138 e. The molecule has 0 aliphatic heterocycles. The summed E-state index contributed by atoms with van der Waals surface area (Å²) < 4.78 is 0. The van der Waals surface area contributed by atoms with Gasteiger partial charge in [-0.25, -0.2) is 0 Å². The fourth-order valence-electron chi connectivity index (χ4n) is 22.6. The number of Topliss-reactive ketones (excluding diaryl/α,β-unsaturated/α-hetero) is 2. The second-order valence-electron chi connectivity index (χ2n) is 28.5. The van der Waals surface area contributed by atoms with Gasteiger partial charge in [-0.3, -0.25) is 9.59 Å². The molecular formula is C61H98O4. The summed E-state index contributed by atoms with van der Waals surface area (Å²) in [7, 11) is 0. The molecule has 8 unspecified atom stereocenters. The van der Waals surface area contributed by atoms with E-state index in [0.29, 0.717) is 93.6 Å². The van der Waals surface area contributed by atoms with Gasteiger partial charge in [-0.05, 0) is 227 Å². The number of fused-ring (bicyclic) bond motifs is 14. The van der Waals surface area contributed by atoms with E-state index >= 15 is 0 Å². The minimum Gasteiger partial charge on any atom is -0.396 e. The monoisotopic (exact) mass is 895 g/mol. The first-order valence-corrected chi connectivity index (χ1v) is 27.2. The van der Waals surface area contributed by atoms with Gasteiger partial charge < -0.3 is 9.90 Å². The van der Waals surface area contributed by atoms with Crippen molar-refractivity contribution in [3.05, 3.63) is 24.3 Å². The van der Waals surface area contributed by atoms with Gasteiger partial charge in [-0.2, -0.15) is 0 Å². The summed E-state index contributed by atoms with van der Waals surface area (Å²) in [6.45, 7) is 38.3. The van der Waals surface area contributed by atoms with Crippen LogP contribution in [0.1, 0.15) is 219 Å². The summed E-state index contributed by atoms with van der Waals surface area (Å²) in [6.07, 6.45) is 24.6. The fraction of sp³-hybridized carbons (Fsp3) is 0.885. The molecule has 0 spiro atoms. The molecule has 366 valence electrons. The molecule has 10 rings (SSSR count). The van der Waals surface area contributed by atoms with Crippen molar-refractivity contribution >= 4 is 17.9 Å². The molecule has 65 heavy (non-hydrogen) atoms. The third-order valence-electron chi connectivity index (χ3n) is 26.4. The van der Waals surface area contributed by atoms with Gasteiger partial charge in [-0.15, -0.1) is 0 Å². The maximum Gasteiger partial charge on any atom is 0.138 e. The highest BCUT2D eigenvalue weighted by atomic mass is 16.3. The highest BCUT2D eigenvalue weighted by Crippen LogP contribution is 2.79. The Kier molecular flexibility index (Phi) is 12.1. The van der Waals surface area contributed by atoms with Gasteiger partial charge in [0.1, 0.15) is 17.9 Å². The Morgan fingerprint density at radius 2 is 0.954 bits per heavy atom. The maximum absolute atomic E-state index is 12.9. The van der Waals surface area contributed by atoms with E-state index in [1.807, 2.05) is 0 Å². The molecule has 0 aromatic heterocycles. The zero-order valence-corrected chi connectivity index (χ0v) is 43.3. The third kappa shape index (κ3) is 6.29. The summed E-state index contributed by atoms with van der Waals surface area (Å²) >= 11 is 0. The molecule has 0 saturated heterocycles. The molecule has 4 nitrogen and oxygen atoms in total. The Morgan fingerprint density at radius 3 is 1.40 bits per heavy atom. The van der Waals surface area contributed by atoms with Crippen LogP contribution in [0.2, 0.25) is 0 Å². The van der Waals surface area contributed by atoms with Crippen LogP contribution in [0.3, 0.4) is 0 Å². The van der Waals surface area contributed by atoms with E-state index in [2.05, 4.69) is 96.2 Å². The number of aliphatic hydroxyl groups excluding tert-OH is 1.